The number of carbonyl (C=O) groups is 2. The standard InChI is InChI=1S/C19H15N3O8/c1-28-16-6-11(2-4-15(16)29-10-18(23)24)9-20-21-19(25)17-8-12-7-13(22(26)27)3-5-14(12)30-17/h2-9H,10H2,1H3,(H,21,25)(H,23,24). The number of hydrogen-bond acceptors (Lipinski definition) is 8. The third kappa shape index (κ3) is 4.70. The van der Waals surface area contributed by atoms with Crippen LogP contribution in [0.15, 0.2) is 52.0 Å². The first-order chi connectivity index (χ1) is 14.4. The number of aliphatic carboxylic acids is 1. The fourth-order valence-electron chi connectivity index (χ4n) is 2.50. The average molecular weight is 413 g/mol. The number of nitrogens with one attached hydrogen (secondary N) is 1. The van der Waals surface area contributed by atoms with Gasteiger partial charge in [0.15, 0.2) is 23.9 Å². The normalized spacial score (nSPS) is 10.8. The van der Waals surface area contributed by atoms with Crippen molar-refractivity contribution in [3.05, 3.63) is 63.9 Å². The van der Waals surface area contributed by atoms with Gasteiger partial charge in [-0.2, -0.15) is 5.10 Å². The molecule has 11 heteroatoms. The van der Waals surface area contributed by atoms with Gasteiger partial charge in [0.2, 0.25) is 0 Å². The summed E-state index contributed by atoms with van der Waals surface area (Å²) in [5.41, 5.74) is 3.06. The molecule has 0 aliphatic carbocycles. The maximum atomic E-state index is 12.2. The minimum atomic E-state index is -1.12. The van der Waals surface area contributed by atoms with E-state index in [0.717, 1.165) is 0 Å². The molecule has 0 aliphatic heterocycles. The number of non-ortho nitro benzene ring substituents is 1. The van der Waals surface area contributed by atoms with Crippen molar-refractivity contribution in [1.82, 2.24) is 5.43 Å². The topological polar surface area (TPSA) is 154 Å². The van der Waals surface area contributed by atoms with Crippen LogP contribution in [0.4, 0.5) is 5.69 Å². The van der Waals surface area contributed by atoms with E-state index in [2.05, 4.69) is 10.5 Å². The van der Waals surface area contributed by atoms with Crippen molar-refractivity contribution < 1.29 is 33.5 Å². The number of hydrogen-bond donors (Lipinski definition) is 2. The molecule has 3 rings (SSSR count). The highest BCUT2D eigenvalue weighted by atomic mass is 16.6. The van der Waals surface area contributed by atoms with Crippen molar-refractivity contribution in [2.75, 3.05) is 13.7 Å². The zero-order valence-corrected chi connectivity index (χ0v) is 15.5. The molecule has 0 saturated heterocycles. The molecule has 1 aromatic heterocycles. The molecular weight excluding hydrogens is 398 g/mol. The van der Waals surface area contributed by atoms with E-state index in [1.165, 1.54) is 43.7 Å². The Morgan fingerprint density at radius 1 is 1.23 bits per heavy atom. The van der Waals surface area contributed by atoms with Crippen LogP contribution < -0.4 is 14.9 Å². The van der Waals surface area contributed by atoms with Crippen molar-refractivity contribution in [3.63, 3.8) is 0 Å². The number of benzene rings is 2. The lowest BCUT2D eigenvalue weighted by Crippen LogP contribution is -2.16. The molecule has 154 valence electrons. The zero-order chi connectivity index (χ0) is 21.7. The Hall–Kier alpha value is -4.41. The van der Waals surface area contributed by atoms with Crippen LogP contribution in [0.2, 0.25) is 0 Å². The quantitative estimate of drug-likeness (QED) is 0.324. The van der Waals surface area contributed by atoms with Crippen molar-refractivity contribution in [3.8, 4) is 11.5 Å². The summed E-state index contributed by atoms with van der Waals surface area (Å²) in [5, 5.41) is 23.7. The Labute approximate surface area is 168 Å². The number of nitrogens with zero attached hydrogens (tertiary/aromatic N) is 2. The molecule has 0 aliphatic rings. The number of carbonyl (C=O) groups excluding carboxylic acids is 1. The number of nitro groups is 1. The predicted octanol–water partition coefficient (Wildman–Crippen LogP) is 2.58. The van der Waals surface area contributed by atoms with Gasteiger partial charge in [-0.1, -0.05) is 0 Å². The number of rotatable bonds is 8. The third-order valence-corrected chi connectivity index (χ3v) is 3.85. The Kier molecular flexibility index (Phi) is 5.92. The first-order valence-electron chi connectivity index (χ1n) is 8.41. The SMILES string of the molecule is COc1cc(C=NNC(=O)c2cc3cc([N+](=O)[O-])ccc3o2)ccc1OCC(=O)O. The molecule has 2 N–H and O–H groups in total. The van der Waals surface area contributed by atoms with E-state index in [0.29, 0.717) is 22.3 Å². The molecule has 1 amide bonds. The lowest BCUT2D eigenvalue weighted by Gasteiger charge is -2.09. The van der Waals surface area contributed by atoms with Gasteiger partial charge in [-0.05, 0) is 35.9 Å². The fourth-order valence-corrected chi connectivity index (χ4v) is 2.50. The second-order valence-corrected chi connectivity index (χ2v) is 5.88. The number of fused-ring (bicyclic) bond motifs is 1. The van der Waals surface area contributed by atoms with E-state index in [9.17, 15) is 19.7 Å². The summed E-state index contributed by atoms with van der Waals surface area (Å²) in [4.78, 5) is 33.1. The molecule has 30 heavy (non-hydrogen) atoms. The molecule has 0 bridgehead atoms. The fraction of sp³-hybridized carbons (Fsp3) is 0.105. The highest BCUT2D eigenvalue weighted by molar-refractivity contribution is 5.97. The van der Waals surface area contributed by atoms with Crippen molar-refractivity contribution in [2.45, 2.75) is 0 Å². The van der Waals surface area contributed by atoms with Crippen molar-refractivity contribution >= 4 is 34.7 Å². The van der Waals surface area contributed by atoms with Gasteiger partial charge in [0.1, 0.15) is 5.58 Å². The van der Waals surface area contributed by atoms with Crippen LogP contribution in [0.5, 0.6) is 11.5 Å². The van der Waals surface area contributed by atoms with Gasteiger partial charge in [-0.25, -0.2) is 10.2 Å². The van der Waals surface area contributed by atoms with Gasteiger partial charge < -0.3 is 19.0 Å². The van der Waals surface area contributed by atoms with E-state index >= 15 is 0 Å². The van der Waals surface area contributed by atoms with E-state index < -0.39 is 23.4 Å². The summed E-state index contributed by atoms with van der Waals surface area (Å²) in [6, 6.07) is 10.0. The summed E-state index contributed by atoms with van der Waals surface area (Å²) in [5.74, 6) is -1.27. The first kappa shape index (κ1) is 20.3. The Balaban J connectivity index is 1.68. The van der Waals surface area contributed by atoms with Gasteiger partial charge in [-0.3, -0.25) is 14.9 Å². The van der Waals surface area contributed by atoms with Crippen molar-refractivity contribution in [2.24, 2.45) is 5.10 Å². The van der Waals surface area contributed by atoms with Gasteiger partial charge in [-0.15, -0.1) is 0 Å². The Morgan fingerprint density at radius 2 is 2.03 bits per heavy atom. The van der Waals surface area contributed by atoms with Crippen LogP contribution in [-0.4, -0.2) is 41.8 Å². The van der Waals surface area contributed by atoms with E-state index in [1.807, 2.05) is 0 Å². The molecule has 11 nitrogen and oxygen atoms in total. The number of hydrazone groups is 1. The monoisotopic (exact) mass is 413 g/mol. The second kappa shape index (κ2) is 8.73. The van der Waals surface area contributed by atoms with Crippen LogP contribution in [0.25, 0.3) is 11.0 Å². The molecule has 0 spiro atoms. The number of amides is 1. The van der Waals surface area contributed by atoms with Crippen LogP contribution in [0, 0.1) is 10.1 Å². The summed E-state index contributed by atoms with van der Waals surface area (Å²) < 4.78 is 15.6. The summed E-state index contributed by atoms with van der Waals surface area (Å²) in [6.45, 7) is -0.513. The van der Waals surface area contributed by atoms with Crippen LogP contribution in [-0.2, 0) is 4.79 Å². The van der Waals surface area contributed by atoms with Gasteiger partial charge in [0.25, 0.3) is 5.69 Å². The number of furan rings is 1. The number of carboxylic acids is 1. The minimum Gasteiger partial charge on any atom is -0.493 e. The predicted molar refractivity (Wildman–Crippen MR) is 104 cm³/mol. The van der Waals surface area contributed by atoms with Crippen LogP contribution in [0.3, 0.4) is 0 Å². The molecule has 0 saturated carbocycles. The molecule has 2 aromatic carbocycles. The summed E-state index contributed by atoms with van der Waals surface area (Å²) in [7, 11) is 1.40. The molecule has 0 atom stereocenters. The largest absolute Gasteiger partial charge is 0.493 e. The Morgan fingerprint density at radius 3 is 2.73 bits per heavy atom. The zero-order valence-electron chi connectivity index (χ0n) is 15.5. The molecule has 3 aromatic rings. The third-order valence-electron chi connectivity index (χ3n) is 3.85. The van der Waals surface area contributed by atoms with Gasteiger partial charge in [0, 0.05) is 17.5 Å². The lowest BCUT2D eigenvalue weighted by atomic mass is 10.2. The Bertz CT molecular complexity index is 1150. The molecule has 0 fully saturated rings. The highest BCUT2D eigenvalue weighted by Crippen LogP contribution is 2.27. The van der Waals surface area contributed by atoms with Gasteiger partial charge in [0.05, 0.1) is 18.2 Å². The van der Waals surface area contributed by atoms with E-state index in [4.69, 9.17) is 19.0 Å². The number of methoxy groups -OCH3 is 1. The average Bonchev–Trinajstić information content (AvgIpc) is 3.15. The first-order valence-corrected chi connectivity index (χ1v) is 8.41. The minimum absolute atomic E-state index is 0.0577. The number of carboxylic acid groups (broad SMARTS) is 1. The molecule has 0 unspecified atom stereocenters. The van der Waals surface area contributed by atoms with E-state index in [-0.39, 0.29) is 17.2 Å². The van der Waals surface area contributed by atoms with Crippen molar-refractivity contribution in [1.29, 1.82) is 0 Å². The van der Waals surface area contributed by atoms with Gasteiger partial charge >= 0.3 is 11.9 Å². The summed E-state index contributed by atoms with van der Waals surface area (Å²) in [6.07, 6.45) is 1.34. The molecular formula is C19H15N3O8. The summed E-state index contributed by atoms with van der Waals surface area (Å²) >= 11 is 0. The highest BCUT2D eigenvalue weighted by Gasteiger charge is 2.14. The number of ether oxygens (including phenoxy) is 2. The van der Waals surface area contributed by atoms with Crippen LogP contribution in [0.1, 0.15) is 16.1 Å². The molecule has 0 radical (unpaired) electrons. The van der Waals surface area contributed by atoms with Crippen LogP contribution >= 0.6 is 0 Å². The lowest BCUT2D eigenvalue weighted by molar-refractivity contribution is -0.384. The maximum Gasteiger partial charge on any atom is 0.341 e. The molecule has 1 heterocycles. The smallest absolute Gasteiger partial charge is 0.341 e. The number of nitro benzene ring substituents is 1. The maximum absolute atomic E-state index is 12.2. The second-order valence-electron chi connectivity index (χ2n) is 5.88. The van der Waals surface area contributed by atoms with E-state index in [1.54, 1.807) is 12.1 Å².